The van der Waals surface area contributed by atoms with Gasteiger partial charge in [-0.2, -0.15) is 0 Å². The van der Waals surface area contributed by atoms with Crippen LogP contribution >= 0.6 is 0 Å². The fourth-order valence-corrected chi connectivity index (χ4v) is 1.13. The zero-order valence-corrected chi connectivity index (χ0v) is 9.23. The summed E-state index contributed by atoms with van der Waals surface area (Å²) in [5.74, 6) is 0.105. The lowest BCUT2D eigenvalue weighted by molar-refractivity contribution is -0.112. The van der Waals surface area contributed by atoms with E-state index in [4.69, 9.17) is 0 Å². The Hall–Kier alpha value is -1.82. The van der Waals surface area contributed by atoms with Crippen LogP contribution in [-0.2, 0) is 4.79 Å². The van der Waals surface area contributed by atoms with Crippen molar-refractivity contribution in [1.29, 1.82) is 0 Å². The zero-order valence-electron chi connectivity index (χ0n) is 9.23. The molecule has 0 spiro atoms. The SMILES string of the molecule is C/C=C/C(C)C(/C=C\C#[N+][O-])=C\C(C)=O. The Bertz CT molecular complexity index is 354. The molecule has 0 N–H and O–H groups in total. The molecule has 1 atom stereocenters. The molecule has 0 heterocycles. The van der Waals surface area contributed by atoms with E-state index < -0.39 is 0 Å². The summed E-state index contributed by atoms with van der Waals surface area (Å²) in [6.07, 6.45) is 8.48. The molecular weight excluding hydrogens is 190 g/mol. The Labute approximate surface area is 90.2 Å². The molecular formula is C12H15NO2. The van der Waals surface area contributed by atoms with Crippen LogP contribution in [0.4, 0.5) is 0 Å². The third-order valence-corrected chi connectivity index (χ3v) is 1.78. The maximum absolute atomic E-state index is 11.0. The van der Waals surface area contributed by atoms with E-state index in [2.05, 4.69) is 11.1 Å². The molecule has 80 valence electrons. The number of allylic oxidation sites excluding steroid dienone is 6. The van der Waals surface area contributed by atoms with Crippen molar-refractivity contribution in [1.82, 2.24) is 0 Å². The number of hydrogen-bond donors (Lipinski definition) is 0. The molecule has 3 nitrogen and oxygen atoms in total. The maximum Gasteiger partial charge on any atom is 0.328 e. The molecule has 0 bridgehead atoms. The second kappa shape index (κ2) is 7.57. The average molecular weight is 205 g/mol. The van der Waals surface area contributed by atoms with Gasteiger partial charge in [-0.3, -0.25) is 4.79 Å². The van der Waals surface area contributed by atoms with E-state index in [1.165, 1.54) is 19.1 Å². The van der Waals surface area contributed by atoms with Crippen molar-refractivity contribution < 1.29 is 4.79 Å². The Balaban J connectivity index is 4.86. The van der Waals surface area contributed by atoms with Gasteiger partial charge in [0.05, 0.1) is 6.08 Å². The summed E-state index contributed by atoms with van der Waals surface area (Å²) in [4.78, 5) is 11.0. The molecule has 0 radical (unpaired) electrons. The minimum Gasteiger partial charge on any atom is -0.498 e. The summed E-state index contributed by atoms with van der Waals surface area (Å²) in [7, 11) is 0. The van der Waals surface area contributed by atoms with Gasteiger partial charge >= 0.3 is 6.07 Å². The van der Waals surface area contributed by atoms with Crippen molar-refractivity contribution in [2.24, 2.45) is 5.92 Å². The molecule has 0 aliphatic carbocycles. The molecule has 0 saturated heterocycles. The number of hydrogen-bond acceptors (Lipinski definition) is 2. The predicted octanol–water partition coefficient (Wildman–Crippen LogP) is 3.10. The molecule has 0 aromatic rings. The van der Waals surface area contributed by atoms with Crippen molar-refractivity contribution >= 4 is 5.78 Å². The van der Waals surface area contributed by atoms with Gasteiger partial charge in [0.15, 0.2) is 5.78 Å². The first-order valence-electron chi connectivity index (χ1n) is 4.71. The van der Waals surface area contributed by atoms with Gasteiger partial charge in [-0.1, -0.05) is 19.1 Å². The minimum atomic E-state index is -0.0231. The monoisotopic (exact) mass is 205 g/mol. The molecule has 0 aromatic carbocycles. The lowest BCUT2D eigenvalue weighted by atomic mass is 9.99. The number of rotatable bonds is 4. The smallest absolute Gasteiger partial charge is 0.328 e. The summed E-state index contributed by atoms with van der Waals surface area (Å²) >= 11 is 0. The van der Waals surface area contributed by atoms with Gasteiger partial charge in [-0.25, -0.2) is 0 Å². The highest BCUT2D eigenvalue weighted by atomic mass is 16.4. The van der Waals surface area contributed by atoms with Crippen LogP contribution < -0.4 is 0 Å². The minimum absolute atomic E-state index is 0.0231. The number of carbonyl (C=O) groups is 1. The highest BCUT2D eigenvalue weighted by molar-refractivity contribution is 5.88. The van der Waals surface area contributed by atoms with Crippen LogP contribution in [0.25, 0.3) is 5.01 Å². The molecule has 3 heteroatoms. The molecule has 0 fully saturated rings. The fourth-order valence-electron chi connectivity index (χ4n) is 1.13. The van der Waals surface area contributed by atoms with Crippen LogP contribution in [0.1, 0.15) is 20.8 Å². The molecule has 0 amide bonds. The fraction of sp³-hybridized carbons (Fsp3) is 0.333. The summed E-state index contributed by atoms with van der Waals surface area (Å²) in [6, 6.07) is 2.16. The second-order valence-electron chi connectivity index (χ2n) is 3.12. The highest BCUT2D eigenvalue weighted by Crippen LogP contribution is 2.13. The Morgan fingerprint density at radius 2 is 2.20 bits per heavy atom. The molecule has 0 aliphatic heterocycles. The molecule has 0 aromatic heterocycles. The third kappa shape index (κ3) is 6.28. The largest absolute Gasteiger partial charge is 0.498 e. The van der Waals surface area contributed by atoms with Crippen LogP contribution in [0.2, 0.25) is 0 Å². The number of ketones is 1. The van der Waals surface area contributed by atoms with Crippen molar-refractivity contribution in [3.05, 3.63) is 46.2 Å². The quantitative estimate of drug-likeness (QED) is 0.233. The Morgan fingerprint density at radius 1 is 1.53 bits per heavy atom. The van der Waals surface area contributed by atoms with Gasteiger partial charge in [0.25, 0.3) is 0 Å². The summed E-state index contributed by atoms with van der Waals surface area (Å²) in [6.45, 7) is 5.37. The van der Waals surface area contributed by atoms with E-state index in [1.807, 2.05) is 26.0 Å². The summed E-state index contributed by atoms with van der Waals surface area (Å²) in [5, 5.41) is 12.3. The summed E-state index contributed by atoms with van der Waals surface area (Å²) < 4.78 is 0. The maximum atomic E-state index is 11.0. The molecule has 0 aliphatic rings. The van der Waals surface area contributed by atoms with Gasteiger partial charge in [-0.05, 0) is 37.5 Å². The van der Waals surface area contributed by atoms with Crippen molar-refractivity contribution in [3.8, 4) is 6.07 Å². The summed E-state index contributed by atoms with van der Waals surface area (Å²) in [5.41, 5.74) is 0.830. The van der Waals surface area contributed by atoms with Crippen LogP contribution in [0, 0.1) is 17.2 Å². The standard InChI is InChI=1S/C12H15NO2/c1-4-6-10(2)12(9-11(3)14)7-5-8-13-15/h4-7,9-10H,1-3H3/b6-4+,7-5-,12-9-. The number of carbonyl (C=O) groups excluding carboxylic acids is 1. The highest BCUT2D eigenvalue weighted by Gasteiger charge is 2.02. The average Bonchev–Trinajstić information content (AvgIpc) is 2.16. The van der Waals surface area contributed by atoms with E-state index in [1.54, 1.807) is 6.08 Å². The van der Waals surface area contributed by atoms with Gasteiger partial charge in [0, 0.05) is 5.01 Å². The van der Waals surface area contributed by atoms with Crippen LogP contribution in [-0.4, -0.2) is 5.78 Å². The van der Waals surface area contributed by atoms with Crippen LogP contribution in [0.5, 0.6) is 0 Å². The lowest BCUT2D eigenvalue weighted by Gasteiger charge is -2.05. The van der Waals surface area contributed by atoms with E-state index >= 15 is 0 Å². The first-order chi connectivity index (χ1) is 7.11. The van der Waals surface area contributed by atoms with Gasteiger partial charge in [-0.15, -0.1) is 0 Å². The Kier molecular flexibility index (Phi) is 6.65. The second-order valence-corrected chi connectivity index (χ2v) is 3.12. The first-order valence-corrected chi connectivity index (χ1v) is 4.71. The third-order valence-electron chi connectivity index (χ3n) is 1.78. The van der Waals surface area contributed by atoms with Gasteiger partial charge in [0.1, 0.15) is 0 Å². The van der Waals surface area contributed by atoms with E-state index in [0.717, 1.165) is 5.57 Å². The van der Waals surface area contributed by atoms with E-state index in [9.17, 15) is 10.0 Å². The topological polar surface area (TPSA) is 44.5 Å². The molecule has 1 unspecified atom stereocenters. The Morgan fingerprint density at radius 3 is 2.67 bits per heavy atom. The molecule has 0 saturated carbocycles. The predicted molar refractivity (Wildman–Crippen MR) is 62.5 cm³/mol. The van der Waals surface area contributed by atoms with Crippen molar-refractivity contribution in [3.63, 3.8) is 0 Å². The van der Waals surface area contributed by atoms with E-state index in [0.29, 0.717) is 0 Å². The van der Waals surface area contributed by atoms with Gasteiger partial charge < -0.3 is 5.21 Å². The molecule has 15 heavy (non-hydrogen) atoms. The van der Waals surface area contributed by atoms with Crippen LogP contribution in [0.15, 0.2) is 36.0 Å². The zero-order chi connectivity index (χ0) is 11.7. The first kappa shape index (κ1) is 13.2. The van der Waals surface area contributed by atoms with Crippen molar-refractivity contribution in [2.75, 3.05) is 0 Å². The van der Waals surface area contributed by atoms with Gasteiger partial charge in [0.2, 0.25) is 0 Å². The lowest BCUT2D eigenvalue weighted by Crippen LogP contribution is -1.96. The van der Waals surface area contributed by atoms with E-state index in [-0.39, 0.29) is 11.7 Å². The van der Waals surface area contributed by atoms with Crippen LogP contribution in [0.3, 0.4) is 0 Å². The molecule has 0 rings (SSSR count). The normalized spacial score (nSPS) is 13.9. The van der Waals surface area contributed by atoms with Crippen molar-refractivity contribution in [2.45, 2.75) is 20.8 Å². The number of nitrogens with zero attached hydrogens (tertiary/aromatic N) is 1.